The Morgan fingerprint density at radius 3 is 1.22 bits per heavy atom. The normalized spacial score (nSPS) is 11.7. The van der Waals surface area contributed by atoms with Gasteiger partial charge in [-0.15, -0.1) is 0 Å². The molecule has 2 nitrogen and oxygen atoms in total. The molecule has 0 aliphatic rings. The fourth-order valence-corrected chi connectivity index (χ4v) is 3.90. The van der Waals surface area contributed by atoms with E-state index in [-0.39, 0.29) is 11.6 Å². The van der Waals surface area contributed by atoms with Crippen molar-refractivity contribution >= 4 is 5.97 Å². The Hall–Kier alpha value is -0.530. The lowest BCUT2D eigenvalue weighted by Gasteiger charge is -2.30. The topological polar surface area (TPSA) is 26.3 Å². The Morgan fingerprint density at radius 1 is 0.556 bits per heavy atom. The fourth-order valence-electron chi connectivity index (χ4n) is 3.90. The summed E-state index contributed by atoms with van der Waals surface area (Å²) in [6.07, 6.45) is 23.7. The highest BCUT2D eigenvalue weighted by molar-refractivity contribution is 5.69. The smallest absolute Gasteiger partial charge is 0.306 e. The van der Waals surface area contributed by atoms with Gasteiger partial charge in [-0.05, 0) is 25.7 Å². The predicted molar refractivity (Wildman–Crippen MR) is 119 cm³/mol. The molecule has 162 valence electrons. The van der Waals surface area contributed by atoms with Crippen molar-refractivity contribution in [1.82, 2.24) is 0 Å². The molecule has 27 heavy (non-hydrogen) atoms. The Labute approximate surface area is 171 Å². The third kappa shape index (κ3) is 15.1. The molecule has 0 fully saturated rings. The Kier molecular flexibility index (Phi) is 18.4. The van der Waals surface area contributed by atoms with Crippen molar-refractivity contribution in [2.24, 2.45) is 0 Å². The van der Waals surface area contributed by atoms with E-state index in [1.807, 2.05) is 0 Å². The van der Waals surface area contributed by atoms with Gasteiger partial charge in [0.05, 0.1) is 0 Å². The van der Waals surface area contributed by atoms with Gasteiger partial charge in [-0.1, -0.05) is 118 Å². The van der Waals surface area contributed by atoms with Crippen molar-refractivity contribution in [1.29, 1.82) is 0 Å². The van der Waals surface area contributed by atoms with E-state index < -0.39 is 0 Å². The van der Waals surface area contributed by atoms with Crippen molar-refractivity contribution in [3.05, 3.63) is 0 Å². The minimum atomic E-state index is -0.216. The molecule has 0 atom stereocenters. The summed E-state index contributed by atoms with van der Waals surface area (Å²) >= 11 is 0. The van der Waals surface area contributed by atoms with Crippen LogP contribution in [0.25, 0.3) is 0 Å². The van der Waals surface area contributed by atoms with E-state index in [2.05, 4.69) is 27.7 Å². The first kappa shape index (κ1) is 26.5. The van der Waals surface area contributed by atoms with Gasteiger partial charge in [-0.25, -0.2) is 0 Å². The lowest BCUT2D eigenvalue weighted by Crippen LogP contribution is -2.33. The fraction of sp³-hybridized carbons (Fsp3) is 0.960. The van der Waals surface area contributed by atoms with Gasteiger partial charge in [0.1, 0.15) is 5.60 Å². The molecule has 0 radical (unpaired) electrons. The molecule has 0 amide bonds. The maximum absolute atomic E-state index is 12.0. The van der Waals surface area contributed by atoms with Gasteiger partial charge in [0.25, 0.3) is 0 Å². The number of carbonyl (C=O) groups is 1. The van der Waals surface area contributed by atoms with Crippen LogP contribution in [0, 0.1) is 0 Å². The molecule has 0 aromatic carbocycles. The summed E-state index contributed by atoms with van der Waals surface area (Å²) in [6, 6.07) is 0. The van der Waals surface area contributed by atoms with Crippen LogP contribution < -0.4 is 0 Å². The van der Waals surface area contributed by atoms with Crippen LogP contribution in [0.4, 0.5) is 0 Å². The molecule has 0 heterocycles. The van der Waals surface area contributed by atoms with Gasteiger partial charge in [0.2, 0.25) is 0 Å². The maximum Gasteiger partial charge on any atom is 0.306 e. The molecule has 2 heteroatoms. The van der Waals surface area contributed by atoms with Crippen LogP contribution in [0.5, 0.6) is 0 Å². The first-order valence-electron chi connectivity index (χ1n) is 12.4. The summed E-state index contributed by atoms with van der Waals surface area (Å²) in [7, 11) is 0. The third-order valence-electron chi connectivity index (χ3n) is 6.25. The van der Waals surface area contributed by atoms with Gasteiger partial charge in [-0.2, -0.15) is 0 Å². The molecule has 0 bridgehead atoms. The number of hydrogen-bond acceptors (Lipinski definition) is 2. The van der Waals surface area contributed by atoms with Crippen molar-refractivity contribution in [2.75, 3.05) is 0 Å². The van der Waals surface area contributed by atoms with Crippen molar-refractivity contribution < 1.29 is 9.53 Å². The summed E-state index contributed by atoms with van der Waals surface area (Å²) in [5, 5.41) is 0. The number of hydrogen-bond donors (Lipinski definition) is 0. The second kappa shape index (κ2) is 18.8. The Morgan fingerprint density at radius 2 is 0.889 bits per heavy atom. The average molecular weight is 383 g/mol. The predicted octanol–water partition coefficient (Wildman–Crippen LogP) is 8.76. The molecule has 0 unspecified atom stereocenters. The minimum Gasteiger partial charge on any atom is -0.459 e. The Balaban J connectivity index is 3.37. The van der Waals surface area contributed by atoms with Crippen LogP contribution in [-0.4, -0.2) is 11.6 Å². The molecular formula is C25H50O2. The number of rotatable bonds is 20. The zero-order chi connectivity index (χ0) is 20.2. The monoisotopic (exact) mass is 382 g/mol. The second-order valence-electron chi connectivity index (χ2n) is 8.42. The zero-order valence-electron chi connectivity index (χ0n) is 19.3. The highest BCUT2D eigenvalue weighted by atomic mass is 16.6. The SMILES string of the molecule is CCCCCCCCCCCCCCCCCC(=O)OC(CC)(CC)CC. The summed E-state index contributed by atoms with van der Waals surface area (Å²) in [5.41, 5.74) is -0.216. The van der Waals surface area contributed by atoms with Crippen molar-refractivity contribution in [3.8, 4) is 0 Å². The van der Waals surface area contributed by atoms with E-state index in [0.29, 0.717) is 6.42 Å². The van der Waals surface area contributed by atoms with E-state index in [9.17, 15) is 4.79 Å². The van der Waals surface area contributed by atoms with Crippen molar-refractivity contribution in [3.63, 3.8) is 0 Å². The third-order valence-corrected chi connectivity index (χ3v) is 6.25. The van der Waals surface area contributed by atoms with Gasteiger partial charge >= 0.3 is 5.97 Å². The van der Waals surface area contributed by atoms with Gasteiger partial charge in [0, 0.05) is 6.42 Å². The van der Waals surface area contributed by atoms with E-state index in [4.69, 9.17) is 4.74 Å². The van der Waals surface area contributed by atoms with Crippen LogP contribution in [0.3, 0.4) is 0 Å². The van der Waals surface area contributed by atoms with E-state index in [1.54, 1.807) is 0 Å². The van der Waals surface area contributed by atoms with E-state index in [0.717, 1.165) is 25.7 Å². The van der Waals surface area contributed by atoms with Crippen molar-refractivity contribution in [2.45, 2.75) is 155 Å². The Bertz CT molecular complexity index is 312. The molecule has 0 saturated carbocycles. The highest BCUT2D eigenvalue weighted by Gasteiger charge is 2.27. The molecule has 0 N–H and O–H groups in total. The molecule has 0 aliphatic heterocycles. The number of ether oxygens (including phenoxy) is 1. The van der Waals surface area contributed by atoms with Crippen LogP contribution in [-0.2, 0) is 9.53 Å². The largest absolute Gasteiger partial charge is 0.459 e. The molecule has 0 spiro atoms. The molecule has 0 rings (SSSR count). The van der Waals surface area contributed by atoms with E-state index in [1.165, 1.54) is 89.9 Å². The average Bonchev–Trinajstić information content (AvgIpc) is 2.69. The second-order valence-corrected chi connectivity index (χ2v) is 8.42. The number of unbranched alkanes of at least 4 members (excludes halogenated alkanes) is 14. The summed E-state index contributed by atoms with van der Waals surface area (Å²) in [4.78, 5) is 12.0. The van der Waals surface area contributed by atoms with Crippen LogP contribution >= 0.6 is 0 Å². The molecule has 0 saturated heterocycles. The number of esters is 1. The number of carbonyl (C=O) groups excluding carboxylic acids is 1. The van der Waals surface area contributed by atoms with E-state index >= 15 is 0 Å². The van der Waals surface area contributed by atoms with Crippen LogP contribution in [0.2, 0.25) is 0 Å². The summed E-state index contributed by atoms with van der Waals surface area (Å²) < 4.78 is 5.77. The summed E-state index contributed by atoms with van der Waals surface area (Å²) in [5.74, 6) is 0.00949. The van der Waals surface area contributed by atoms with Crippen LogP contribution in [0.15, 0.2) is 0 Å². The maximum atomic E-state index is 12.0. The zero-order valence-corrected chi connectivity index (χ0v) is 19.3. The standard InChI is InChI=1S/C25H50O2/c1-5-9-10-11-12-13-14-15-16-17-18-19-20-21-22-23-24(26)27-25(6-2,7-3)8-4/h5-23H2,1-4H3. The molecule has 0 aromatic heterocycles. The lowest BCUT2D eigenvalue weighted by atomic mass is 9.94. The first-order chi connectivity index (χ1) is 13.1. The molecule has 0 aromatic rings. The van der Waals surface area contributed by atoms with Crippen LogP contribution in [0.1, 0.15) is 150 Å². The van der Waals surface area contributed by atoms with Gasteiger partial charge in [-0.3, -0.25) is 4.79 Å². The molecule has 0 aliphatic carbocycles. The van der Waals surface area contributed by atoms with Gasteiger partial charge in [0.15, 0.2) is 0 Å². The quantitative estimate of drug-likeness (QED) is 0.155. The van der Waals surface area contributed by atoms with Gasteiger partial charge < -0.3 is 4.74 Å². The molecular weight excluding hydrogens is 332 g/mol. The summed E-state index contributed by atoms with van der Waals surface area (Å²) in [6.45, 7) is 8.64. The highest BCUT2D eigenvalue weighted by Crippen LogP contribution is 2.25. The minimum absolute atomic E-state index is 0.00949. The lowest BCUT2D eigenvalue weighted by molar-refractivity contribution is -0.161. The first-order valence-corrected chi connectivity index (χ1v) is 12.4.